The van der Waals surface area contributed by atoms with Crippen molar-refractivity contribution in [1.82, 2.24) is 0 Å². The van der Waals surface area contributed by atoms with Crippen LogP contribution in [-0.4, -0.2) is 15.5 Å². The van der Waals surface area contributed by atoms with Crippen molar-refractivity contribution in [2.24, 2.45) is 0 Å². The summed E-state index contributed by atoms with van der Waals surface area (Å²) in [6.45, 7) is 0. The molecule has 112 valence electrons. The van der Waals surface area contributed by atoms with Crippen LogP contribution in [0.2, 0.25) is 10.0 Å². The van der Waals surface area contributed by atoms with Gasteiger partial charge in [-0.15, -0.1) is 0 Å². The van der Waals surface area contributed by atoms with Crippen molar-refractivity contribution in [2.75, 3.05) is 11.8 Å². The summed E-state index contributed by atoms with van der Waals surface area (Å²) < 4.78 is 44.7. The van der Waals surface area contributed by atoms with E-state index in [1.807, 2.05) is 0 Å². The van der Waals surface area contributed by atoms with Crippen molar-refractivity contribution in [3.05, 3.63) is 52.3 Å². The van der Waals surface area contributed by atoms with E-state index in [1.165, 1.54) is 25.3 Å². The number of halogens is 3. The molecule has 0 aliphatic heterocycles. The van der Waals surface area contributed by atoms with E-state index >= 15 is 0 Å². The number of rotatable bonds is 4. The molecule has 0 saturated carbocycles. The molecule has 8 heteroatoms. The van der Waals surface area contributed by atoms with E-state index in [2.05, 4.69) is 4.72 Å². The minimum Gasteiger partial charge on any atom is -0.495 e. The van der Waals surface area contributed by atoms with Crippen LogP contribution in [-0.2, 0) is 10.0 Å². The maximum atomic E-state index is 13.1. The van der Waals surface area contributed by atoms with Crippen LogP contribution in [0.25, 0.3) is 0 Å². The number of benzene rings is 2. The highest BCUT2D eigenvalue weighted by atomic mass is 35.5. The van der Waals surface area contributed by atoms with Crippen LogP contribution in [0.1, 0.15) is 0 Å². The van der Waals surface area contributed by atoms with E-state index in [9.17, 15) is 12.8 Å². The molecule has 21 heavy (non-hydrogen) atoms. The number of ether oxygens (including phenoxy) is 1. The van der Waals surface area contributed by atoms with Crippen molar-refractivity contribution in [3.8, 4) is 5.75 Å². The summed E-state index contributed by atoms with van der Waals surface area (Å²) in [5.41, 5.74) is 0.251. The minimum absolute atomic E-state index is 0.152. The SMILES string of the molecule is COc1ccc(NS(=O)(=O)c2ccc(F)c(Cl)c2)cc1Cl. The molecule has 0 unspecified atom stereocenters. The standard InChI is InChI=1S/C13H10Cl2FNO3S/c1-20-13-5-2-8(6-11(13)15)17-21(18,19)9-3-4-12(16)10(14)7-9/h2-7,17H,1H3. The summed E-state index contributed by atoms with van der Waals surface area (Å²) in [5.74, 6) is -0.271. The summed E-state index contributed by atoms with van der Waals surface area (Å²) in [5, 5.41) is -0.0134. The van der Waals surface area contributed by atoms with Crippen molar-refractivity contribution in [1.29, 1.82) is 0 Å². The molecule has 2 aromatic rings. The van der Waals surface area contributed by atoms with Crippen LogP contribution in [0.15, 0.2) is 41.3 Å². The predicted molar refractivity (Wildman–Crippen MR) is 80.2 cm³/mol. The van der Waals surface area contributed by atoms with Gasteiger partial charge in [0.15, 0.2) is 0 Å². The monoisotopic (exact) mass is 349 g/mol. The fourth-order valence-electron chi connectivity index (χ4n) is 1.59. The van der Waals surface area contributed by atoms with Gasteiger partial charge in [0.2, 0.25) is 0 Å². The second-order valence-electron chi connectivity index (χ2n) is 4.03. The summed E-state index contributed by atoms with van der Waals surface area (Å²) in [7, 11) is -2.44. The lowest BCUT2D eigenvalue weighted by atomic mass is 10.3. The van der Waals surface area contributed by atoms with Crippen LogP contribution in [0.3, 0.4) is 0 Å². The van der Waals surface area contributed by atoms with Gasteiger partial charge in [0.05, 0.1) is 27.7 Å². The highest BCUT2D eigenvalue weighted by Crippen LogP contribution is 2.29. The second-order valence-corrected chi connectivity index (χ2v) is 6.53. The summed E-state index contributed by atoms with van der Waals surface area (Å²) in [4.78, 5) is -0.152. The fourth-order valence-corrected chi connectivity index (χ4v) is 3.17. The highest BCUT2D eigenvalue weighted by Gasteiger charge is 2.16. The molecule has 2 aromatic carbocycles. The average Bonchev–Trinajstić information content (AvgIpc) is 2.41. The molecule has 0 saturated heterocycles. The Morgan fingerprint density at radius 1 is 1.10 bits per heavy atom. The molecule has 0 spiro atoms. The average molecular weight is 350 g/mol. The van der Waals surface area contributed by atoms with Gasteiger partial charge in [-0.1, -0.05) is 23.2 Å². The Hall–Kier alpha value is -1.50. The number of sulfonamides is 1. The number of hydrogen-bond donors (Lipinski definition) is 1. The second kappa shape index (κ2) is 6.09. The van der Waals surface area contributed by atoms with Crippen molar-refractivity contribution in [2.45, 2.75) is 4.90 Å². The van der Waals surface area contributed by atoms with Gasteiger partial charge in [0.1, 0.15) is 11.6 Å². The van der Waals surface area contributed by atoms with E-state index in [4.69, 9.17) is 27.9 Å². The molecule has 4 nitrogen and oxygen atoms in total. The Morgan fingerprint density at radius 2 is 1.81 bits per heavy atom. The van der Waals surface area contributed by atoms with Gasteiger partial charge in [-0.3, -0.25) is 4.72 Å². The molecule has 0 fully saturated rings. The lowest BCUT2D eigenvalue weighted by Crippen LogP contribution is -2.13. The van der Waals surface area contributed by atoms with Crippen LogP contribution >= 0.6 is 23.2 Å². The van der Waals surface area contributed by atoms with E-state index in [0.29, 0.717) is 5.75 Å². The summed E-state index contributed by atoms with van der Waals surface area (Å²) in [6, 6.07) is 7.56. The molecule has 0 bridgehead atoms. The van der Waals surface area contributed by atoms with Crippen molar-refractivity contribution < 1.29 is 17.5 Å². The van der Waals surface area contributed by atoms with Crippen molar-refractivity contribution in [3.63, 3.8) is 0 Å². The Morgan fingerprint density at radius 3 is 2.38 bits per heavy atom. The first-order valence-electron chi connectivity index (χ1n) is 5.65. The molecule has 0 aromatic heterocycles. The minimum atomic E-state index is -3.89. The first-order valence-corrected chi connectivity index (χ1v) is 7.89. The summed E-state index contributed by atoms with van der Waals surface area (Å²) >= 11 is 11.5. The van der Waals surface area contributed by atoms with Gasteiger partial charge in [-0.2, -0.15) is 0 Å². The quantitative estimate of drug-likeness (QED) is 0.909. The first-order chi connectivity index (χ1) is 9.83. The molecule has 2 rings (SSSR count). The molecule has 0 aliphatic rings. The fraction of sp³-hybridized carbons (Fsp3) is 0.0769. The van der Waals surface area contributed by atoms with Crippen molar-refractivity contribution >= 4 is 38.9 Å². The zero-order valence-corrected chi connectivity index (χ0v) is 13.1. The third kappa shape index (κ3) is 3.58. The molecule has 1 N–H and O–H groups in total. The zero-order valence-electron chi connectivity index (χ0n) is 10.7. The lowest BCUT2D eigenvalue weighted by molar-refractivity contribution is 0.415. The molecule has 0 radical (unpaired) electrons. The van der Waals surface area contributed by atoms with E-state index in [0.717, 1.165) is 18.2 Å². The van der Waals surface area contributed by atoms with Gasteiger partial charge in [0, 0.05) is 0 Å². The van der Waals surface area contributed by atoms with E-state index < -0.39 is 15.8 Å². The first kappa shape index (κ1) is 15.9. The maximum absolute atomic E-state index is 13.1. The smallest absolute Gasteiger partial charge is 0.261 e. The number of anilines is 1. The maximum Gasteiger partial charge on any atom is 0.261 e. The largest absolute Gasteiger partial charge is 0.495 e. The number of methoxy groups -OCH3 is 1. The lowest BCUT2D eigenvalue weighted by Gasteiger charge is -2.10. The molecular formula is C13H10Cl2FNO3S. The number of nitrogens with one attached hydrogen (secondary N) is 1. The Bertz CT molecular complexity index is 781. The molecule has 0 amide bonds. The van der Waals surface area contributed by atoms with Crippen LogP contribution in [0.4, 0.5) is 10.1 Å². The third-order valence-corrected chi connectivity index (χ3v) is 4.57. The molecule has 0 aliphatic carbocycles. The van der Waals surface area contributed by atoms with Gasteiger partial charge in [-0.05, 0) is 36.4 Å². The number of hydrogen-bond acceptors (Lipinski definition) is 3. The zero-order chi connectivity index (χ0) is 15.6. The van der Waals surface area contributed by atoms with E-state index in [-0.39, 0.29) is 20.6 Å². The van der Waals surface area contributed by atoms with Gasteiger partial charge in [0.25, 0.3) is 10.0 Å². The Kier molecular flexibility index (Phi) is 4.61. The van der Waals surface area contributed by atoms with Crippen LogP contribution in [0, 0.1) is 5.82 Å². The Balaban J connectivity index is 2.32. The van der Waals surface area contributed by atoms with Gasteiger partial charge < -0.3 is 4.74 Å². The van der Waals surface area contributed by atoms with Gasteiger partial charge >= 0.3 is 0 Å². The third-order valence-electron chi connectivity index (χ3n) is 2.61. The topological polar surface area (TPSA) is 55.4 Å². The highest BCUT2D eigenvalue weighted by molar-refractivity contribution is 7.92. The molecular weight excluding hydrogens is 340 g/mol. The normalized spacial score (nSPS) is 11.2. The molecule has 0 atom stereocenters. The van der Waals surface area contributed by atoms with Crippen LogP contribution in [0.5, 0.6) is 5.75 Å². The van der Waals surface area contributed by atoms with Crippen LogP contribution < -0.4 is 9.46 Å². The summed E-state index contributed by atoms with van der Waals surface area (Å²) in [6.07, 6.45) is 0. The van der Waals surface area contributed by atoms with E-state index in [1.54, 1.807) is 0 Å². The van der Waals surface area contributed by atoms with Gasteiger partial charge in [-0.25, -0.2) is 12.8 Å². The molecule has 0 heterocycles. The predicted octanol–water partition coefficient (Wildman–Crippen LogP) is 3.94. The Labute approximate surface area is 131 Å².